The molecule has 1 atom stereocenters. The van der Waals surface area contributed by atoms with Crippen molar-refractivity contribution in [2.75, 3.05) is 6.54 Å². The molecule has 29 heavy (non-hydrogen) atoms. The van der Waals surface area contributed by atoms with Gasteiger partial charge in [0.2, 0.25) is 0 Å². The lowest BCUT2D eigenvalue weighted by Crippen LogP contribution is -2.32. The second-order valence-electron chi connectivity index (χ2n) is 6.61. The Labute approximate surface area is 167 Å². The minimum Gasteiger partial charge on any atom is -0.342 e. The van der Waals surface area contributed by atoms with E-state index in [1.165, 1.54) is 24.3 Å². The number of fused-ring (bicyclic) bond motifs is 1. The third-order valence-electron chi connectivity index (χ3n) is 4.37. The molecule has 154 valence electrons. The van der Waals surface area contributed by atoms with Gasteiger partial charge in [-0.15, -0.1) is 0 Å². The lowest BCUT2D eigenvalue weighted by molar-refractivity contribution is 0.0932. The number of aromatic amines is 1. The molecule has 0 aliphatic heterocycles. The maximum atomic E-state index is 13.1. The van der Waals surface area contributed by atoms with E-state index < -0.39 is 22.1 Å². The average molecular weight is 419 g/mol. The maximum Gasteiger partial charge on any atom is 0.274 e. The standard InChI is InChI=1S/C19H22FN5O3S/c20-14-10-8-13(9-11-14)19(26)25-17(7-3-4-12-22-29(21,27)28)18-23-15-5-1-2-6-16(15)24-18/h1-2,5-6,8-11,17,22H,3-4,7,12H2,(H,23,24)(H,25,26)(H2,21,27,28)/t17-/m0/s1. The molecule has 1 amide bonds. The molecule has 0 spiro atoms. The van der Waals surface area contributed by atoms with Gasteiger partial charge >= 0.3 is 0 Å². The molecule has 0 saturated carbocycles. The molecule has 2 aromatic carbocycles. The number of nitrogens with two attached hydrogens (primary N) is 1. The number of nitrogens with zero attached hydrogens (tertiary/aromatic N) is 1. The quantitative estimate of drug-likeness (QED) is 0.396. The fourth-order valence-electron chi connectivity index (χ4n) is 2.95. The van der Waals surface area contributed by atoms with Crippen LogP contribution in [-0.4, -0.2) is 30.8 Å². The molecule has 0 radical (unpaired) electrons. The minimum atomic E-state index is -3.72. The van der Waals surface area contributed by atoms with Gasteiger partial charge in [0.25, 0.3) is 16.1 Å². The number of H-pyrrole nitrogens is 1. The van der Waals surface area contributed by atoms with Crippen LogP contribution in [0.2, 0.25) is 0 Å². The first kappa shape index (κ1) is 20.9. The molecule has 0 bridgehead atoms. The van der Waals surface area contributed by atoms with Crippen molar-refractivity contribution < 1.29 is 17.6 Å². The molecule has 8 nitrogen and oxygen atoms in total. The fraction of sp³-hybridized carbons (Fsp3) is 0.263. The Balaban J connectivity index is 1.71. The summed E-state index contributed by atoms with van der Waals surface area (Å²) in [6.45, 7) is 0.206. The van der Waals surface area contributed by atoms with Crippen molar-refractivity contribution in [3.8, 4) is 0 Å². The Morgan fingerprint density at radius 3 is 2.55 bits per heavy atom. The number of benzene rings is 2. The molecule has 3 rings (SSSR count). The number of amides is 1. The van der Waals surface area contributed by atoms with Crippen molar-refractivity contribution in [1.29, 1.82) is 0 Å². The first-order valence-corrected chi connectivity index (χ1v) is 10.6. The van der Waals surface area contributed by atoms with Crippen molar-refractivity contribution in [2.24, 2.45) is 5.14 Å². The highest BCUT2D eigenvalue weighted by Gasteiger charge is 2.19. The summed E-state index contributed by atoms with van der Waals surface area (Å²) >= 11 is 0. The highest BCUT2D eigenvalue weighted by atomic mass is 32.2. The molecule has 10 heteroatoms. The van der Waals surface area contributed by atoms with Gasteiger partial charge < -0.3 is 10.3 Å². The fourth-order valence-corrected chi connectivity index (χ4v) is 3.37. The zero-order chi connectivity index (χ0) is 20.9. The summed E-state index contributed by atoms with van der Waals surface area (Å²) in [5.41, 5.74) is 1.96. The summed E-state index contributed by atoms with van der Waals surface area (Å²) in [6, 6.07) is 12.4. The number of nitrogens with one attached hydrogen (secondary N) is 3. The summed E-state index contributed by atoms with van der Waals surface area (Å²) in [4.78, 5) is 20.4. The van der Waals surface area contributed by atoms with Crippen LogP contribution >= 0.6 is 0 Å². The highest BCUT2D eigenvalue weighted by molar-refractivity contribution is 7.87. The largest absolute Gasteiger partial charge is 0.342 e. The third kappa shape index (κ3) is 6.08. The number of carbonyl (C=O) groups excluding carboxylic acids is 1. The van der Waals surface area contributed by atoms with Gasteiger partial charge in [-0.1, -0.05) is 12.1 Å². The Hall–Kier alpha value is -2.82. The SMILES string of the molecule is NS(=O)(=O)NCCCC[C@H](NC(=O)c1ccc(F)cc1)c1nc2ccccc2[nH]1. The lowest BCUT2D eigenvalue weighted by atomic mass is 10.1. The van der Waals surface area contributed by atoms with Crippen molar-refractivity contribution in [3.05, 3.63) is 65.7 Å². The molecular weight excluding hydrogens is 397 g/mol. The topological polar surface area (TPSA) is 130 Å². The van der Waals surface area contributed by atoms with Gasteiger partial charge in [-0.05, 0) is 55.7 Å². The van der Waals surface area contributed by atoms with E-state index in [-0.39, 0.29) is 12.5 Å². The van der Waals surface area contributed by atoms with Gasteiger partial charge in [-0.2, -0.15) is 8.42 Å². The van der Waals surface area contributed by atoms with Crippen LogP contribution in [0.3, 0.4) is 0 Å². The van der Waals surface area contributed by atoms with Gasteiger partial charge in [0, 0.05) is 12.1 Å². The van der Waals surface area contributed by atoms with Crippen LogP contribution in [-0.2, 0) is 10.2 Å². The molecule has 0 aliphatic carbocycles. The first-order valence-electron chi connectivity index (χ1n) is 9.10. The second kappa shape index (κ2) is 9.12. The van der Waals surface area contributed by atoms with E-state index in [0.29, 0.717) is 30.7 Å². The Kier molecular flexibility index (Phi) is 6.57. The van der Waals surface area contributed by atoms with Crippen LogP contribution in [0.4, 0.5) is 4.39 Å². The van der Waals surface area contributed by atoms with E-state index in [1.807, 2.05) is 24.3 Å². The number of unbranched alkanes of at least 4 members (excludes halogenated alkanes) is 1. The molecule has 0 fully saturated rings. The van der Waals surface area contributed by atoms with Crippen LogP contribution in [0.1, 0.15) is 41.5 Å². The van der Waals surface area contributed by atoms with Gasteiger partial charge in [0.05, 0.1) is 17.1 Å². The Morgan fingerprint density at radius 1 is 1.14 bits per heavy atom. The van der Waals surface area contributed by atoms with Crippen LogP contribution < -0.4 is 15.2 Å². The maximum absolute atomic E-state index is 13.1. The molecule has 0 unspecified atom stereocenters. The third-order valence-corrected chi connectivity index (χ3v) is 4.98. The average Bonchev–Trinajstić information content (AvgIpc) is 3.10. The van der Waals surface area contributed by atoms with Crippen molar-refractivity contribution in [2.45, 2.75) is 25.3 Å². The number of hydrogen-bond donors (Lipinski definition) is 4. The second-order valence-corrected chi connectivity index (χ2v) is 7.99. The minimum absolute atomic E-state index is 0.206. The highest BCUT2D eigenvalue weighted by Crippen LogP contribution is 2.21. The number of imidazole rings is 1. The predicted molar refractivity (Wildman–Crippen MR) is 108 cm³/mol. The van der Waals surface area contributed by atoms with E-state index in [0.717, 1.165) is 11.0 Å². The first-order chi connectivity index (χ1) is 13.8. The summed E-state index contributed by atoms with van der Waals surface area (Å²) in [5.74, 6) is -0.170. The van der Waals surface area contributed by atoms with E-state index >= 15 is 0 Å². The number of hydrogen-bond acceptors (Lipinski definition) is 4. The normalized spacial score (nSPS) is 12.8. The summed E-state index contributed by atoms with van der Waals surface area (Å²) < 4.78 is 37.2. The van der Waals surface area contributed by atoms with Crippen molar-refractivity contribution in [1.82, 2.24) is 20.0 Å². The molecule has 1 aromatic heterocycles. The van der Waals surface area contributed by atoms with Gasteiger partial charge in [-0.3, -0.25) is 4.79 Å². The molecular formula is C19H22FN5O3S. The zero-order valence-corrected chi connectivity index (χ0v) is 16.4. The summed E-state index contributed by atoms with van der Waals surface area (Å²) in [7, 11) is -3.72. The predicted octanol–water partition coefficient (Wildman–Crippen LogP) is 2.14. The molecule has 1 heterocycles. The van der Waals surface area contributed by atoms with Gasteiger partial charge in [0.1, 0.15) is 11.6 Å². The Morgan fingerprint density at radius 2 is 1.86 bits per heavy atom. The number of para-hydroxylation sites is 2. The van der Waals surface area contributed by atoms with E-state index in [1.54, 1.807) is 0 Å². The molecule has 0 saturated heterocycles. The monoisotopic (exact) mass is 419 g/mol. The number of halogens is 1. The molecule has 0 aliphatic rings. The van der Waals surface area contributed by atoms with E-state index in [2.05, 4.69) is 20.0 Å². The van der Waals surface area contributed by atoms with Crippen LogP contribution in [0.5, 0.6) is 0 Å². The van der Waals surface area contributed by atoms with Crippen LogP contribution in [0.15, 0.2) is 48.5 Å². The van der Waals surface area contributed by atoms with Crippen molar-refractivity contribution in [3.63, 3.8) is 0 Å². The summed E-state index contributed by atoms with van der Waals surface area (Å²) in [6.07, 6.45) is 1.69. The van der Waals surface area contributed by atoms with Gasteiger partial charge in [0.15, 0.2) is 0 Å². The van der Waals surface area contributed by atoms with E-state index in [4.69, 9.17) is 5.14 Å². The smallest absolute Gasteiger partial charge is 0.274 e. The van der Waals surface area contributed by atoms with E-state index in [9.17, 15) is 17.6 Å². The molecule has 5 N–H and O–H groups in total. The lowest BCUT2D eigenvalue weighted by Gasteiger charge is -2.17. The Bertz CT molecular complexity index is 1050. The number of rotatable bonds is 9. The number of aromatic nitrogens is 2. The van der Waals surface area contributed by atoms with Crippen molar-refractivity contribution >= 4 is 27.1 Å². The summed E-state index contributed by atoms with van der Waals surface area (Å²) in [5, 5.41) is 7.83. The van der Waals surface area contributed by atoms with Crippen LogP contribution in [0.25, 0.3) is 11.0 Å². The zero-order valence-electron chi connectivity index (χ0n) is 15.6. The van der Waals surface area contributed by atoms with Crippen LogP contribution in [0, 0.1) is 5.82 Å². The van der Waals surface area contributed by atoms with Gasteiger partial charge in [-0.25, -0.2) is 19.2 Å². The molecule has 3 aromatic rings. The number of carbonyl (C=O) groups is 1.